The predicted octanol–water partition coefficient (Wildman–Crippen LogP) is 2.76. The molecule has 1 unspecified atom stereocenters. The number of amides is 1. The number of carbonyl (C=O) groups excluding carboxylic acids is 1. The Kier molecular flexibility index (Phi) is 6.31. The van der Waals surface area contributed by atoms with Crippen molar-refractivity contribution in [3.8, 4) is 5.75 Å². The molecule has 1 rings (SSSR count). The zero-order valence-corrected chi connectivity index (χ0v) is 13.2. The van der Waals surface area contributed by atoms with Crippen LogP contribution >= 0.6 is 15.9 Å². The van der Waals surface area contributed by atoms with E-state index in [0.717, 1.165) is 22.2 Å². The van der Waals surface area contributed by atoms with E-state index in [1.165, 1.54) is 0 Å². The van der Waals surface area contributed by atoms with Gasteiger partial charge in [-0.05, 0) is 47.0 Å². The minimum absolute atomic E-state index is 0.0855. The largest absolute Gasteiger partial charge is 0.496 e. The van der Waals surface area contributed by atoms with Gasteiger partial charge in [-0.2, -0.15) is 0 Å². The lowest BCUT2D eigenvalue weighted by Gasteiger charge is -2.18. The molecule has 0 aromatic heterocycles. The van der Waals surface area contributed by atoms with Crippen molar-refractivity contribution in [2.45, 2.75) is 38.8 Å². The zero-order valence-electron chi connectivity index (χ0n) is 11.6. The van der Waals surface area contributed by atoms with Crippen molar-refractivity contribution in [2.24, 2.45) is 5.73 Å². The first-order valence-corrected chi connectivity index (χ1v) is 7.18. The van der Waals surface area contributed by atoms with Gasteiger partial charge in [-0.1, -0.05) is 19.4 Å². The number of hydrogen-bond acceptors (Lipinski definition) is 3. The molecular weight excluding hydrogens is 308 g/mol. The van der Waals surface area contributed by atoms with Crippen LogP contribution in [0.25, 0.3) is 0 Å². The minimum atomic E-state index is -0.436. The van der Waals surface area contributed by atoms with Crippen molar-refractivity contribution < 1.29 is 9.53 Å². The number of nitrogens with two attached hydrogens (primary N) is 1. The number of nitrogens with one attached hydrogen (secondary N) is 1. The Hall–Kier alpha value is -1.07. The van der Waals surface area contributed by atoms with Gasteiger partial charge in [0.1, 0.15) is 5.75 Å². The maximum Gasteiger partial charge on any atom is 0.237 e. The van der Waals surface area contributed by atoms with Gasteiger partial charge < -0.3 is 15.8 Å². The summed E-state index contributed by atoms with van der Waals surface area (Å²) in [6, 6.07) is 5.22. The Labute approximate surface area is 122 Å². The summed E-state index contributed by atoms with van der Waals surface area (Å²) in [5.41, 5.74) is 6.79. The smallest absolute Gasteiger partial charge is 0.237 e. The first kappa shape index (κ1) is 16.0. The molecule has 0 spiro atoms. The molecule has 1 amide bonds. The Morgan fingerprint density at radius 2 is 2.21 bits per heavy atom. The zero-order chi connectivity index (χ0) is 14.4. The van der Waals surface area contributed by atoms with E-state index >= 15 is 0 Å². The van der Waals surface area contributed by atoms with E-state index in [9.17, 15) is 4.79 Å². The minimum Gasteiger partial charge on any atom is -0.496 e. The molecule has 0 saturated carbocycles. The molecule has 19 heavy (non-hydrogen) atoms. The fourth-order valence-corrected chi connectivity index (χ4v) is 2.36. The summed E-state index contributed by atoms with van der Waals surface area (Å²) >= 11 is 3.43. The Bertz CT molecular complexity index is 437. The van der Waals surface area contributed by atoms with E-state index in [-0.39, 0.29) is 11.9 Å². The molecule has 1 aromatic rings. The van der Waals surface area contributed by atoms with Gasteiger partial charge in [0.15, 0.2) is 0 Å². The first-order chi connectivity index (χ1) is 8.99. The highest BCUT2D eigenvalue weighted by Gasteiger charge is 2.16. The van der Waals surface area contributed by atoms with Crippen LogP contribution in [0.1, 0.15) is 38.3 Å². The molecule has 0 fully saturated rings. The second kappa shape index (κ2) is 7.50. The van der Waals surface area contributed by atoms with Crippen molar-refractivity contribution >= 4 is 21.8 Å². The van der Waals surface area contributed by atoms with E-state index in [0.29, 0.717) is 6.42 Å². The van der Waals surface area contributed by atoms with E-state index < -0.39 is 6.04 Å². The molecule has 106 valence electrons. The van der Waals surface area contributed by atoms with Gasteiger partial charge in [0.2, 0.25) is 5.91 Å². The SMILES string of the molecule is CCC[C@@H](N)C(=O)NC(C)c1ccc(OC)c(Br)c1. The van der Waals surface area contributed by atoms with E-state index in [2.05, 4.69) is 21.2 Å². The van der Waals surface area contributed by atoms with Gasteiger partial charge in [-0.15, -0.1) is 0 Å². The number of hydrogen-bond donors (Lipinski definition) is 2. The monoisotopic (exact) mass is 328 g/mol. The Morgan fingerprint density at radius 3 is 2.74 bits per heavy atom. The van der Waals surface area contributed by atoms with Gasteiger partial charge in [-0.3, -0.25) is 4.79 Å². The average molecular weight is 329 g/mol. The summed E-state index contributed by atoms with van der Waals surface area (Å²) < 4.78 is 6.04. The molecule has 0 aliphatic heterocycles. The van der Waals surface area contributed by atoms with E-state index in [1.54, 1.807) is 7.11 Å². The molecule has 0 saturated heterocycles. The van der Waals surface area contributed by atoms with Crippen LogP contribution in [0.15, 0.2) is 22.7 Å². The third-order valence-electron chi connectivity index (χ3n) is 2.97. The number of benzene rings is 1. The average Bonchev–Trinajstić information content (AvgIpc) is 2.38. The first-order valence-electron chi connectivity index (χ1n) is 6.39. The summed E-state index contributed by atoms with van der Waals surface area (Å²) in [4.78, 5) is 11.9. The highest BCUT2D eigenvalue weighted by atomic mass is 79.9. The van der Waals surface area contributed by atoms with Crippen LogP contribution in [0.4, 0.5) is 0 Å². The van der Waals surface area contributed by atoms with Gasteiger partial charge in [0, 0.05) is 0 Å². The molecule has 0 bridgehead atoms. The quantitative estimate of drug-likeness (QED) is 0.843. The van der Waals surface area contributed by atoms with Crippen molar-refractivity contribution in [3.05, 3.63) is 28.2 Å². The molecule has 1 aromatic carbocycles. The molecule has 4 nitrogen and oxygen atoms in total. The lowest BCUT2D eigenvalue weighted by atomic mass is 10.1. The van der Waals surface area contributed by atoms with E-state index in [4.69, 9.17) is 10.5 Å². The van der Waals surface area contributed by atoms with Crippen LogP contribution < -0.4 is 15.8 Å². The van der Waals surface area contributed by atoms with Crippen LogP contribution in [-0.2, 0) is 4.79 Å². The van der Waals surface area contributed by atoms with Crippen molar-refractivity contribution in [3.63, 3.8) is 0 Å². The fourth-order valence-electron chi connectivity index (χ4n) is 1.80. The van der Waals surface area contributed by atoms with Gasteiger partial charge in [-0.25, -0.2) is 0 Å². The second-order valence-corrected chi connectivity index (χ2v) is 5.37. The number of carbonyl (C=O) groups is 1. The summed E-state index contributed by atoms with van der Waals surface area (Å²) in [5.74, 6) is 0.659. The van der Waals surface area contributed by atoms with Crippen molar-refractivity contribution in [1.29, 1.82) is 0 Å². The second-order valence-electron chi connectivity index (χ2n) is 4.52. The summed E-state index contributed by atoms with van der Waals surface area (Å²) in [6.45, 7) is 3.95. The van der Waals surface area contributed by atoms with Crippen LogP contribution in [-0.4, -0.2) is 19.1 Å². The predicted molar refractivity (Wildman–Crippen MR) is 80.1 cm³/mol. The highest BCUT2D eigenvalue weighted by molar-refractivity contribution is 9.10. The van der Waals surface area contributed by atoms with Crippen LogP contribution in [0, 0.1) is 0 Å². The standard InChI is InChI=1S/C14H21BrN2O2/c1-4-5-12(16)14(18)17-9(2)10-6-7-13(19-3)11(15)8-10/h6-9,12H,4-5,16H2,1-3H3,(H,17,18)/t9?,12-/m1/s1. The van der Waals surface area contributed by atoms with Gasteiger partial charge in [0.05, 0.1) is 23.7 Å². The Morgan fingerprint density at radius 1 is 1.53 bits per heavy atom. The lowest BCUT2D eigenvalue weighted by Crippen LogP contribution is -2.41. The number of halogens is 1. The molecule has 0 aliphatic carbocycles. The van der Waals surface area contributed by atoms with E-state index in [1.807, 2.05) is 32.0 Å². The lowest BCUT2D eigenvalue weighted by molar-refractivity contribution is -0.123. The number of ether oxygens (including phenoxy) is 1. The summed E-state index contributed by atoms with van der Waals surface area (Å²) in [6.07, 6.45) is 1.60. The molecule has 0 heterocycles. The van der Waals surface area contributed by atoms with Crippen molar-refractivity contribution in [2.75, 3.05) is 7.11 Å². The third kappa shape index (κ3) is 4.51. The molecule has 2 atom stereocenters. The van der Waals surface area contributed by atoms with Crippen LogP contribution in [0.3, 0.4) is 0 Å². The summed E-state index contributed by atoms with van der Waals surface area (Å²) in [5, 5.41) is 2.92. The molecule has 0 aliphatic rings. The topological polar surface area (TPSA) is 64.4 Å². The van der Waals surface area contributed by atoms with Gasteiger partial charge in [0.25, 0.3) is 0 Å². The third-order valence-corrected chi connectivity index (χ3v) is 3.59. The molecular formula is C14H21BrN2O2. The maximum absolute atomic E-state index is 11.9. The molecule has 5 heteroatoms. The fraction of sp³-hybridized carbons (Fsp3) is 0.500. The molecule has 3 N–H and O–H groups in total. The summed E-state index contributed by atoms with van der Waals surface area (Å²) in [7, 11) is 1.62. The van der Waals surface area contributed by atoms with Crippen LogP contribution in [0.2, 0.25) is 0 Å². The maximum atomic E-state index is 11.9. The normalized spacial score (nSPS) is 13.7. The number of methoxy groups -OCH3 is 1. The molecule has 0 radical (unpaired) electrons. The van der Waals surface area contributed by atoms with Crippen molar-refractivity contribution in [1.82, 2.24) is 5.32 Å². The van der Waals surface area contributed by atoms with Crippen LogP contribution in [0.5, 0.6) is 5.75 Å². The Balaban J connectivity index is 2.70. The number of rotatable bonds is 6. The highest BCUT2D eigenvalue weighted by Crippen LogP contribution is 2.27. The van der Waals surface area contributed by atoms with Gasteiger partial charge >= 0.3 is 0 Å².